The van der Waals surface area contributed by atoms with Crippen LogP contribution < -0.4 is 0 Å². The average Bonchev–Trinajstić information content (AvgIpc) is 2.74. The highest BCUT2D eigenvalue weighted by Gasteiger charge is 2.59. The van der Waals surface area contributed by atoms with Gasteiger partial charge < -0.3 is 9.53 Å². The van der Waals surface area contributed by atoms with E-state index in [0.29, 0.717) is 11.8 Å². The largest absolute Gasteiger partial charge is 0.469 e. The zero-order valence-corrected chi connectivity index (χ0v) is 19.5. The van der Waals surface area contributed by atoms with Crippen molar-refractivity contribution in [2.45, 2.75) is 69.4 Å². The third-order valence-corrected chi connectivity index (χ3v) is 9.90. The van der Waals surface area contributed by atoms with Crippen LogP contribution in [0.2, 0.25) is 0 Å². The van der Waals surface area contributed by atoms with E-state index >= 15 is 0 Å². The lowest BCUT2D eigenvalue weighted by atomic mass is 9.46. The van der Waals surface area contributed by atoms with Crippen LogP contribution in [0.5, 0.6) is 0 Å². The van der Waals surface area contributed by atoms with E-state index in [4.69, 9.17) is 4.74 Å². The van der Waals surface area contributed by atoms with Gasteiger partial charge in [0.05, 0.1) is 12.5 Å². The number of thioether (sulfide) groups is 1. The summed E-state index contributed by atoms with van der Waals surface area (Å²) < 4.78 is 5.26. The fourth-order valence-corrected chi connectivity index (χ4v) is 8.04. The summed E-state index contributed by atoms with van der Waals surface area (Å²) in [7, 11) is 1.52. The molecule has 0 unspecified atom stereocenters. The molecule has 0 amide bonds. The third kappa shape index (κ3) is 3.36. The molecule has 4 rings (SSSR count). The van der Waals surface area contributed by atoms with E-state index in [0.717, 1.165) is 38.5 Å². The number of allylic oxidation sites excluding steroid dienone is 1. The molecule has 1 aromatic rings. The van der Waals surface area contributed by atoms with Crippen LogP contribution in [-0.4, -0.2) is 24.6 Å². The van der Waals surface area contributed by atoms with E-state index in [1.54, 1.807) is 11.8 Å². The summed E-state index contributed by atoms with van der Waals surface area (Å²) in [5, 5.41) is 0.116. The number of ether oxygens (including phenoxy) is 1. The molecule has 162 valence electrons. The first kappa shape index (κ1) is 21.7. The Hall–Kier alpha value is -1.55. The molecule has 3 aliphatic carbocycles. The number of methoxy groups -OCH3 is 1. The number of esters is 1. The van der Waals surface area contributed by atoms with Gasteiger partial charge >= 0.3 is 5.97 Å². The molecule has 0 bridgehead atoms. The molecular weight excluding hydrogens is 392 g/mol. The highest BCUT2D eigenvalue weighted by Crippen LogP contribution is 2.64. The van der Waals surface area contributed by atoms with Crippen LogP contribution >= 0.6 is 11.8 Å². The zero-order chi connectivity index (χ0) is 21.6. The maximum atomic E-state index is 12.8. The van der Waals surface area contributed by atoms with Gasteiger partial charge in [-0.1, -0.05) is 50.1 Å². The molecule has 3 nitrogen and oxygen atoms in total. The van der Waals surface area contributed by atoms with E-state index in [1.807, 2.05) is 6.07 Å². The van der Waals surface area contributed by atoms with Crippen molar-refractivity contribution in [1.29, 1.82) is 0 Å². The standard InChI is InChI=1S/C26H34O3S/c1-24(17-27)16-18-11-12-21-25(2,13-8-14-26(21,3)23(28)29-4)20(18)15-22(24)30-19-9-6-5-7-10-19/h5-7,9-10,15,17-18,21-22H,8,11-14,16H2,1-4H3/t18-,21+,22+,24+,25+,26-/m1/s1. The number of carbonyl (C=O) groups excluding carboxylic acids is 2. The number of hydrogen-bond donors (Lipinski definition) is 0. The monoisotopic (exact) mass is 426 g/mol. The van der Waals surface area contributed by atoms with Gasteiger partial charge in [0, 0.05) is 15.6 Å². The summed E-state index contributed by atoms with van der Waals surface area (Å²) in [5.74, 6) is 0.687. The summed E-state index contributed by atoms with van der Waals surface area (Å²) in [5.41, 5.74) is 0.726. The lowest BCUT2D eigenvalue weighted by molar-refractivity contribution is -0.164. The summed E-state index contributed by atoms with van der Waals surface area (Å²) in [6, 6.07) is 10.4. The minimum absolute atomic E-state index is 0.00379. The lowest BCUT2D eigenvalue weighted by Gasteiger charge is -2.58. The molecule has 0 heterocycles. The second-order valence-electron chi connectivity index (χ2n) is 10.3. The number of fused-ring (bicyclic) bond motifs is 3. The van der Waals surface area contributed by atoms with Crippen molar-refractivity contribution < 1.29 is 14.3 Å². The Morgan fingerprint density at radius 1 is 1.13 bits per heavy atom. The van der Waals surface area contributed by atoms with E-state index in [2.05, 4.69) is 51.1 Å². The van der Waals surface area contributed by atoms with E-state index in [1.165, 1.54) is 23.9 Å². The molecule has 0 aromatic heterocycles. The molecule has 6 atom stereocenters. The molecule has 1 aromatic carbocycles. The fraction of sp³-hybridized carbons (Fsp3) is 0.615. The third-order valence-electron chi connectivity index (χ3n) is 8.43. The molecule has 2 saturated carbocycles. The van der Waals surface area contributed by atoms with Gasteiger partial charge in [-0.05, 0) is 68.4 Å². The van der Waals surface area contributed by atoms with Crippen LogP contribution in [0.15, 0.2) is 46.9 Å². The van der Waals surface area contributed by atoms with Crippen LogP contribution in [0.3, 0.4) is 0 Å². The molecule has 0 radical (unpaired) electrons. The molecule has 4 heteroatoms. The van der Waals surface area contributed by atoms with Crippen LogP contribution in [0.25, 0.3) is 0 Å². The van der Waals surface area contributed by atoms with Crippen LogP contribution in [0.1, 0.15) is 59.3 Å². The summed E-state index contributed by atoms with van der Waals surface area (Å²) in [4.78, 5) is 26.3. The Morgan fingerprint density at radius 2 is 1.87 bits per heavy atom. The molecule has 0 saturated heterocycles. The van der Waals surface area contributed by atoms with Crippen LogP contribution in [0, 0.1) is 28.1 Å². The van der Waals surface area contributed by atoms with Crippen molar-refractivity contribution in [3.63, 3.8) is 0 Å². The van der Waals surface area contributed by atoms with Crippen molar-refractivity contribution in [3.05, 3.63) is 42.0 Å². The van der Waals surface area contributed by atoms with Gasteiger partial charge in [-0.25, -0.2) is 0 Å². The molecule has 2 fully saturated rings. The number of rotatable bonds is 4. The van der Waals surface area contributed by atoms with Gasteiger partial charge in [-0.3, -0.25) is 4.79 Å². The topological polar surface area (TPSA) is 43.4 Å². The molecule has 3 aliphatic rings. The first-order valence-electron chi connectivity index (χ1n) is 11.3. The van der Waals surface area contributed by atoms with Crippen molar-refractivity contribution in [2.24, 2.45) is 28.1 Å². The second kappa shape index (κ2) is 7.85. The smallest absolute Gasteiger partial charge is 0.311 e. The molecular formula is C26H34O3S. The van der Waals surface area contributed by atoms with Crippen molar-refractivity contribution in [3.8, 4) is 0 Å². The number of benzene rings is 1. The van der Waals surface area contributed by atoms with Gasteiger partial charge in [0.25, 0.3) is 0 Å². The zero-order valence-electron chi connectivity index (χ0n) is 18.6. The summed E-state index contributed by atoms with van der Waals surface area (Å²) >= 11 is 1.80. The Labute approximate surface area is 185 Å². The van der Waals surface area contributed by atoms with Crippen molar-refractivity contribution in [2.75, 3.05) is 7.11 Å². The maximum absolute atomic E-state index is 12.8. The molecule has 30 heavy (non-hydrogen) atoms. The highest BCUT2D eigenvalue weighted by molar-refractivity contribution is 8.00. The van der Waals surface area contributed by atoms with E-state index in [9.17, 15) is 9.59 Å². The van der Waals surface area contributed by atoms with Gasteiger partial charge in [0.1, 0.15) is 6.29 Å². The highest BCUT2D eigenvalue weighted by atomic mass is 32.2. The Bertz CT molecular complexity index is 849. The maximum Gasteiger partial charge on any atom is 0.311 e. The average molecular weight is 427 g/mol. The van der Waals surface area contributed by atoms with Gasteiger partial charge in [-0.2, -0.15) is 0 Å². The van der Waals surface area contributed by atoms with E-state index in [-0.39, 0.29) is 22.0 Å². The molecule has 0 spiro atoms. The van der Waals surface area contributed by atoms with Gasteiger partial charge in [0.2, 0.25) is 0 Å². The number of aldehydes is 1. The SMILES string of the molecule is COC(=O)[C@]1(C)CCC[C@@]2(C)C3=C[C@H](Sc4ccccc4)[C@](C)(C=O)C[C@H]3CC[C@H]12. The normalized spacial score (nSPS) is 40.5. The van der Waals surface area contributed by atoms with Crippen molar-refractivity contribution >= 4 is 24.0 Å². The lowest BCUT2D eigenvalue weighted by Crippen LogP contribution is -2.54. The number of carbonyl (C=O) groups is 2. The second-order valence-corrected chi connectivity index (χ2v) is 11.5. The van der Waals surface area contributed by atoms with Gasteiger partial charge in [-0.15, -0.1) is 11.8 Å². The minimum Gasteiger partial charge on any atom is -0.469 e. The summed E-state index contributed by atoms with van der Waals surface area (Å²) in [6.07, 6.45) is 9.69. The quantitative estimate of drug-likeness (QED) is 0.332. The molecule has 0 aliphatic heterocycles. The minimum atomic E-state index is -0.416. The van der Waals surface area contributed by atoms with Crippen molar-refractivity contribution in [1.82, 2.24) is 0 Å². The van der Waals surface area contributed by atoms with Crippen LogP contribution in [-0.2, 0) is 14.3 Å². The fourth-order valence-electron chi connectivity index (χ4n) is 6.79. The predicted octanol–water partition coefficient (Wildman–Crippen LogP) is 6.08. The Balaban J connectivity index is 1.74. The number of hydrogen-bond acceptors (Lipinski definition) is 4. The predicted molar refractivity (Wildman–Crippen MR) is 121 cm³/mol. The Morgan fingerprint density at radius 3 is 2.53 bits per heavy atom. The first-order chi connectivity index (χ1) is 14.3. The Kier molecular flexibility index (Phi) is 5.67. The van der Waals surface area contributed by atoms with Gasteiger partial charge in [0.15, 0.2) is 0 Å². The summed E-state index contributed by atoms with van der Waals surface area (Å²) in [6.45, 7) is 6.63. The molecule has 0 N–H and O–H groups in total. The van der Waals surface area contributed by atoms with E-state index < -0.39 is 5.41 Å². The first-order valence-corrected chi connectivity index (χ1v) is 12.1. The van der Waals surface area contributed by atoms with Crippen LogP contribution in [0.4, 0.5) is 0 Å².